The molecule has 3 rings (SSSR count). The Morgan fingerprint density at radius 1 is 1.40 bits per heavy atom. The molecule has 2 aromatic rings. The second-order valence-electron chi connectivity index (χ2n) is 4.32. The average Bonchev–Trinajstić information content (AvgIpc) is 2.56. The minimum Gasteiger partial charge on any atom is -0.386 e. The van der Waals surface area contributed by atoms with Gasteiger partial charge in [0.15, 0.2) is 5.13 Å². The Kier molecular flexibility index (Phi) is 1.78. The number of anilines is 1. The first-order chi connectivity index (χ1) is 7.14. The third-order valence-electron chi connectivity index (χ3n) is 2.62. The Bertz CT molecular complexity index is 465. The fourth-order valence-electron chi connectivity index (χ4n) is 1.91. The van der Waals surface area contributed by atoms with Crippen LogP contribution in [0.2, 0.25) is 0 Å². The number of aromatic nitrogens is 1. The van der Waals surface area contributed by atoms with Gasteiger partial charge in [-0.1, -0.05) is 23.5 Å². The summed E-state index contributed by atoms with van der Waals surface area (Å²) in [6.07, 6.45) is 0. The number of nitrogens with zero attached hydrogens (tertiary/aromatic N) is 2. The maximum Gasteiger partial charge on any atom is 0.186 e. The Morgan fingerprint density at radius 2 is 2.13 bits per heavy atom. The van der Waals surface area contributed by atoms with Crippen LogP contribution in [0.15, 0.2) is 24.3 Å². The van der Waals surface area contributed by atoms with Crippen LogP contribution in [0.5, 0.6) is 0 Å². The molecule has 1 aromatic heterocycles. The van der Waals surface area contributed by atoms with Crippen LogP contribution in [-0.2, 0) is 0 Å². The van der Waals surface area contributed by atoms with Crippen molar-refractivity contribution in [3.63, 3.8) is 0 Å². The van der Waals surface area contributed by atoms with E-state index >= 15 is 0 Å². The minimum absolute atomic E-state index is 0.530. The highest BCUT2D eigenvalue weighted by Crippen LogP contribution is 2.33. The summed E-state index contributed by atoms with van der Waals surface area (Å²) in [5.74, 6) is 0. The predicted molar refractivity (Wildman–Crippen MR) is 62.5 cm³/mol. The first-order valence-electron chi connectivity index (χ1n) is 4.97. The van der Waals surface area contributed by atoms with Crippen molar-refractivity contribution >= 4 is 26.7 Å². The van der Waals surface area contributed by atoms with Gasteiger partial charge in [-0.2, -0.15) is 0 Å². The molecule has 0 saturated carbocycles. The van der Waals surface area contributed by atoms with Crippen molar-refractivity contribution in [3.05, 3.63) is 24.3 Å². The molecule has 1 fully saturated rings. The number of benzene rings is 1. The van der Waals surface area contributed by atoms with E-state index in [1.807, 2.05) is 25.1 Å². The molecule has 0 aliphatic carbocycles. The quantitative estimate of drug-likeness (QED) is 0.797. The summed E-state index contributed by atoms with van der Waals surface area (Å²) < 4.78 is 1.21. The molecule has 0 bridgehead atoms. The summed E-state index contributed by atoms with van der Waals surface area (Å²) in [6, 6.07) is 8.12. The molecular formula is C11H12N2OS. The molecule has 78 valence electrons. The van der Waals surface area contributed by atoms with Gasteiger partial charge >= 0.3 is 0 Å². The lowest BCUT2D eigenvalue weighted by Gasteiger charge is -2.43. The number of thiazole rings is 1. The summed E-state index contributed by atoms with van der Waals surface area (Å²) in [5.41, 5.74) is 0.516. The highest BCUT2D eigenvalue weighted by molar-refractivity contribution is 7.22. The maximum atomic E-state index is 9.65. The normalized spacial score (nSPS) is 19.2. The molecule has 0 radical (unpaired) electrons. The van der Waals surface area contributed by atoms with E-state index < -0.39 is 5.60 Å². The molecular weight excluding hydrogens is 208 g/mol. The van der Waals surface area contributed by atoms with E-state index in [0.29, 0.717) is 13.1 Å². The number of hydrogen-bond acceptors (Lipinski definition) is 4. The van der Waals surface area contributed by atoms with E-state index in [9.17, 15) is 5.11 Å². The van der Waals surface area contributed by atoms with Crippen LogP contribution in [0.25, 0.3) is 10.2 Å². The summed E-state index contributed by atoms with van der Waals surface area (Å²) >= 11 is 1.69. The molecule has 1 N–H and O–H groups in total. The van der Waals surface area contributed by atoms with Gasteiger partial charge < -0.3 is 10.0 Å². The molecule has 0 amide bonds. The minimum atomic E-state index is -0.530. The SMILES string of the molecule is CC1(O)CN(c2nc3ccccc3s2)C1. The first-order valence-corrected chi connectivity index (χ1v) is 5.79. The van der Waals surface area contributed by atoms with Gasteiger partial charge in [-0.05, 0) is 19.1 Å². The zero-order valence-electron chi connectivity index (χ0n) is 8.47. The molecule has 2 heterocycles. The smallest absolute Gasteiger partial charge is 0.186 e. The van der Waals surface area contributed by atoms with Gasteiger partial charge in [0.2, 0.25) is 0 Å². The van der Waals surface area contributed by atoms with Gasteiger partial charge in [0.25, 0.3) is 0 Å². The lowest BCUT2D eigenvalue weighted by atomic mass is 9.98. The fraction of sp³-hybridized carbons (Fsp3) is 0.364. The lowest BCUT2D eigenvalue weighted by molar-refractivity contribution is 0.0310. The number of hydrogen-bond donors (Lipinski definition) is 1. The second-order valence-corrected chi connectivity index (χ2v) is 5.33. The largest absolute Gasteiger partial charge is 0.386 e. The third-order valence-corrected chi connectivity index (χ3v) is 3.71. The Balaban J connectivity index is 1.93. The third kappa shape index (κ3) is 1.50. The van der Waals surface area contributed by atoms with Crippen LogP contribution < -0.4 is 4.90 Å². The zero-order chi connectivity index (χ0) is 10.5. The highest BCUT2D eigenvalue weighted by Gasteiger charge is 2.37. The van der Waals surface area contributed by atoms with Crippen LogP contribution in [0.1, 0.15) is 6.92 Å². The molecule has 1 aliphatic rings. The second kappa shape index (κ2) is 2.93. The van der Waals surface area contributed by atoms with E-state index in [1.165, 1.54) is 4.70 Å². The van der Waals surface area contributed by atoms with E-state index in [4.69, 9.17) is 0 Å². The molecule has 15 heavy (non-hydrogen) atoms. The molecule has 4 heteroatoms. The van der Waals surface area contributed by atoms with Crippen LogP contribution in [-0.4, -0.2) is 28.8 Å². The molecule has 0 spiro atoms. The molecule has 3 nitrogen and oxygen atoms in total. The van der Waals surface area contributed by atoms with Gasteiger partial charge in [0.1, 0.15) is 0 Å². The lowest BCUT2D eigenvalue weighted by Crippen LogP contribution is -2.60. The topological polar surface area (TPSA) is 36.4 Å². The van der Waals surface area contributed by atoms with Crippen LogP contribution in [0, 0.1) is 0 Å². The van der Waals surface area contributed by atoms with E-state index in [2.05, 4.69) is 16.0 Å². The number of rotatable bonds is 1. The van der Waals surface area contributed by atoms with Crippen LogP contribution >= 0.6 is 11.3 Å². The summed E-state index contributed by atoms with van der Waals surface area (Å²) in [5, 5.41) is 10.7. The van der Waals surface area contributed by atoms with E-state index in [1.54, 1.807) is 11.3 Å². The Labute approximate surface area is 92.0 Å². The van der Waals surface area contributed by atoms with Gasteiger partial charge in [-0.25, -0.2) is 4.98 Å². The monoisotopic (exact) mass is 220 g/mol. The van der Waals surface area contributed by atoms with Gasteiger partial charge in [-0.3, -0.25) is 0 Å². The molecule has 1 saturated heterocycles. The summed E-state index contributed by atoms with van der Waals surface area (Å²) in [4.78, 5) is 6.65. The van der Waals surface area contributed by atoms with Crippen LogP contribution in [0.4, 0.5) is 5.13 Å². The van der Waals surface area contributed by atoms with E-state index in [0.717, 1.165) is 10.6 Å². The van der Waals surface area contributed by atoms with Crippen molar-refractivity contribution in [2.75, 3.05) is 18.0 Å². The number of para-hydroxylation sites is 1. The fourth-order valence-corrected chi connectivity index (χ4v) is 2.87. The number of aliphatic hydroxyl groups is 1. The van der Waals surface area contributed by atoms with Crippen LogP contribution in [0.3, 0.4) is 0 Å². The van der Waals surface area contributed by atoms with Gasteiger partial charge in [0, 0.05) is 0 Å². The first kappa shape index (κ1) is 9.12. The van der Waals surface area contributed by atoms with Gasteiger partial charge in [0.05, 0.1) is 28.9 Å². The summed E-state index contributed by atoms with van der Waals surface area (Å²) in [6.45, 7) is 3.23. The van der Waals surface area contributed by atoms with Crippen molar-refractivity contribution in [2.45, 2.75) is 12.5 Å². The standard InChI is InChI=1S/C11H12N2OS/c1-11(14)6-13(7-11)10-12-8-4-2-3-5-9(8)15-10/h2-5,14H,6-7H2,1H3. The molecule has 1 aromatic carbocycles. The van der Waals surface area contributed by atoms with Gasteiger partial charge in [-0.15, -0.1) is 0 Å². The highest BCUT2D eigenvalue weighted by atomic mass is 32.1. The molecule has 1 aliphatic heterocycles. The predicted octanol–water partition coefficient (Wildman–Crippen LogP) is 1.87. The maximum absolute atomic E-state index is 9.65. The summed E-state index contributed by atoms with van der Waals surface area (Å²) in [7, 11) is 0. The van der Waals surface area contributed by atoms with Crippen molar-refractivity contribution in [2.24, 2.45) is 0 Å². The van der Waals surface area contributed by atoms with Crippen molar-refractivity contribution in [1.29, 1.82) is 0 Å². The molecule has 0 atom stereocenters. The molecule has 0 unspecified atom stereocenters. The van der Waals surface area contributed by atoms with Crippen molar-refractivity contribution < 1.29 is 5.11 Å². The van der Waals surface area contributed by atoms with Crippen molar-refractivity contribution in [3.8, 4) is 0 Å². The zero-order valence-corrected chi connectivity index (χ0v) is 9.29. The van der Waals surface area contributed by atoms with E-state index in [-0.39, 0.29) is 0 Å². The Hall–Kier alpha value is -1.13. The average molecular weight is 220 g/mol. The number of fused-ring (bicyclic) bond motifs is 1. The van der Waals surface area contributed by atoms with Crippen molar-refractivity contribution in [1.82, 2.24) is 4.98 Å². The Morgan fingerprint density at radius 3 is 2.80 bits per heavy atom. The number of β-amino-alcohol motifs (C(OH)–C–C–N with tert-alkyl or cyclic N) is 1.